The van der Waals surface area contributed by atoms with Crippen LogP contribution in [0.2, 0.25) is 0 Å². The van der Waals surface area contributed by atoms with Crippen LogP contribution < -0.4 is 5.32 Å². The predicted molar refractivity (Wildman–Crippen MR) is 69.5 cm³/mol. The van der Waals surface area contributed by atoms with Crippen molar-refractivity contribution in [3.63, 3.8) is 0 Å². The van der Waals surface area contributed by atoms with E-state index in [0.717, 1.165) is 35.8 Å². The van der Waals surface area contributed by atoms with Crippen LogP contribution in [0.1, 0.15) is 17.8 Å². The molecule has 3 rings (SSSR count). The van der Waals surface area contributed by atoms with E-state index in [1.807, 2.05) is 25.5 Å². The first-order valence-electron chi connectivity index (χ1n) is 5.95. The average Bonchev–Trinajstić information content (AvgIpc) is 2.96. The lowest BCUT2D eigenvalue weighted by Crippen LogP contribution is -2.29. The van der Waals surface area contributed by atoms with Crippen LogP contribution in [0.15, 0.2) is 18.6 Å². The van der Waals surface area contributed by atoms with Gasteiger partial charge in [-0.05, 0) is 30.9 Å². The zero-order valence-electron chi connectivity index (χ0n) is 10.1. The molecule has 94 valence electrons. The van der Waals surface area contributed by atoms with Crippen LogP contribution in [-0.4, -0.2) is 19.8 Å². The van der Waals surface area contributed by atoms with Crippen molar-refractivity contribution in [1.29, 1.82) is 0 Å². The number of aryl methyl sites for hydroxylation is 2. The Bertz CT molecular complexity index is 574. The molecule has 0 fully saturated rings. The second-order valence-corrected chi connectivity index (χ2v) is 5.39. The first-order valence-corrected chi connectivity index (χ1v) is 6.73. The van der Waals surface area contributed by atoms with Crippen molar-refractivity contribution in [1.82, 2.24) is 13.9 Å². The number of carbonyl (C=O) groups excluding carboxylic acids is 1. The smallest absolute Gasteiger partial charge is 0.228 e. The SMILES string of the molecule is Cc1cc(NC(=O)[C@@H]2CCn3cncc3C2)sn1. The minimum Gasteiger partial charge on any atom is -0.335 e. The molecule has 1 aliphatic heterocycles. The number of nitrogens with one attached hydrogen (secondary N) is 1. The fourth-order valence-electron chi connectivity index (χ4n) is 2.24. The third-order valence-electron chi connectivity index (χ3n) is 3.22. The molecule has 0 unspecified atom stereocenters. The fraction of sp³-hybridized carbons (Fsp3) is 0.417. The number of hydrogen-bond donors (Lipinski definition) is 1. The normalized spacial score (nSPS) is 18.4. The number of hydrogen-bond acceptors (Lipinski definition) is 4. The summed E-state index contributed by atoms with van der Waals surface area (Å²) in [6, 6.07) is 1.90. The number of anilines is 1. The van der Waals surface area contributed by atoms with Gasteiger partial charge in [-0.15, -0.1) is 0 Å². The summed E-state index contributed by atoms with van der Waals surface area (Å²) in [5.41, 5.74) is 2.08. The Morgan fingerprint density at radius 3 is 3.28 bits per heavy atom. The van der Waals surface area contributed by atoms with Gasteiger partial charge < -0.3 is 9.88 Å². The third-order valence-corrected chi connectivity index (χ3v) is 4.01. The van der Waals surface area contributed by atoms with Crippen molar-refractivity contribution in [3.05, 3.63) is 30.0 Å². The third kappa shape index (κ3) is 2.15. The molecule has 6 heteroatoms. The maximum atomic E-state index is 12.1. The molecule has 0 saturated heterocycles. The minimum atomic E-state index is 0.0385. The van der Waals surface area contributed by atoms with Crippen molar-refractivity contribution in [2.24, 2.45) is 5.92 Å². The van der Waals surface area contributed by atoms with Crippen molar-refractivity contribution in [3.8, 4) is 0 Å². The van der Waals surface area contributed by atoms with Crippen molar-refractivity contribution in [2.75, 3.05) is 5.32 Å². The highest BCUT2D eigenvalue weighted by Gasteiger charge is 2.25. The Morgan fingerprint density at radius 1 is 1.61 bits per heavy atom. The molecule has 0 spiro atoms. The van der Waals surface area contributed by atoms with Crippen molar-refractivity contribution in [2.45, 2.75) is 26.3 Å². The van der Waals surface area contributed by atoms with Crippen LogP contribution in [0.25, 0.3) is 0 Å². The van der Waals surface area contributed by atoms with Gasteiger partial charge in [0, 0.05) is 30.8 Å². The molecule has 5 nitrogen and oxygen atoms in total. The molecular formula is C12H14N4OS. The van der Waals surface area contributed by atoms with Crippen LogP contribution in [0, 0.1) is 12.8 Å². The second-order valence-electron chi connectivity index (χ2n) is 4.59. The predicted octanol–water partition coefficient (Wildman–Crippen LogP) is 1.85. The van der Waals surface area contributed by atoms with E-state index in [4.69, 9.17) is 0 Å². The van der Waals surface area contributed by atoms with Crippen LogP contribution >= 0.6 is 11.5 Å². The molecule has 0 saturated carbocycles. The summed E-state index contributed by atoms with van der Waals surface area (Å²) in [7, 11) is 0. The molecule has 1 N–H and O–H groups in total. The van der Waals surface area contributed by atoms with Crippen LogP contribution in [-0.2, 0) is 17.8 Å². The van der Waals surface area contributed by atoms with E-state index in [0.29, 0.717) is 0 Å². The van der Waals surface area contributed by atoms with Gasteiger partial charge in [-0.2, -0.15) is 4.37 Å². The highest BCUT2D eigenvalue weighted by molar-refractivity contribution is 7.10. The standard InChI is InChI=1S/C12H14N4OS/c1-8-4-11(18-15-8)14-12(17)9-2-3-16-7-13-6-10(16)5-9/h4,6-7,9H,2-3,5H2,1H3,(H,14,17)/t9-/m1/s1. The molecule has 1 amide bonds. The van der Waals surface area contributed by atoms with Crippen molar-refractivity contribution < 1.29 is 4.79 Å². The van der Waals surface area contributed by atoms with Crippen LogP contribution in [0.3, 0.4) is 0 Å². The van der Waals surface area contributed by atoms with E-state index in [2.05, 4.69) is 19.2 Å². The largest absolute Gasteiger partial charge is 0.335 e. The topological polar surface area (TPSA) is 59.8 Å². The quantitative estimate of drug-likeness (QED) is 0.898. The van der Waals surface area contributed by atoms with E-state index in [-0.39, 0.29) is 11.8 Å². The summed E-state index contributed by atoms with van der Waals surface area (Å²) in [5.74, 6) is 0.128. The van der Waals surface area contributed by atoms with Gasteiger partial charge in [0.15, 0.2) is 0 Å². The molecule has 1 aliphatic rings. The molecule has 2 aromatic heterocycles. The van der Waals surface area contributed by atoms with Gasteiger partial charge in [-0.1, -0.05) is 0 Å². The number of imidazole rings is 1. The van der Waals surface area contributed by atoms with E-state index in [1.54, 1.807) is 0 Å². The maximum Gasteiger partial charge on any atom is 0.228 e. The summed E-state index contributed by atoms with van der Waals surface area (Å²) in [5, 5.41) is 3.77. The van der Waals surface area contributed by atoms with E-state index in [1.165, 1.54) is 11.5 Å². The van der Waals surface area contributed by atoms with Gasteiger partial charge in [-0.3, -0.25) is 4.79 Å². The Morgan fingerprint density at radius 2 is 2.50 bits per heavy atom. The number of fused-ring (bicyclic) bond motifs is 1. The zero-order valence-corrected chi connectivity index (χ0v) is 10.9. The van der Waals surface area contributed by atoms with Gasteiger partial charge in [0.1, 0.15) is 5.00 Å². The molecule has 0 radical (unpaired) electrons. The number of rotatable bonds is 2. The van der Waals surface area contributed by atoms with Gasteiger partial charge in [0.05, 0.1) is 12.0 Å². The fourth-order valence-corrected chi connectivity index (χ4v) is 2.90. The summed E-state index contributed by atoms with van der Waals surface area (Å²) in [6.07, 6.45) is 5.31. The lowest BCUT2D eigenvalue weighted by Gasteiger charge is -2.22. The summed E-state index contributed by atoms with van der Waals surface area (Å²) < 4.78 is 6.27. The van der Waals surface area contributed by atoms with Gasteiger partial charge in [0.25, 0.3) is 0 Å². The minimum absolute atomic E-state index is 0.0385. The van der Waals surface area contributed by atoms with E-state index < -0.39 is 0 Å². The Kier molecular flexibility index (Phi) is 2.87. The number of aromatic nitrogens is 3. The molecule has 0 aromatic carbocycles. The zero-order chi connectivity index (χ0) is 12.5. The monoisotopic (exact) mass is 262 g/mol. The molecule has 0 bridgehead atoms. The Hall–Kier alpha value is -1.69. The van der Waals surface area contributed by atoms with Crippen LogP contribution in [0.4, 0.5) is 5.00 Å². The molecule has 1 atom stereocenters. The molecule has 0 aliphatic carbocycles. The summed E-state index contributed by atoms with van der Waals surface area (Å²) in [6.45, 7) is 2.79. The highest BCUT2D eigenvalue weighted by Crippen LogP contribution is 2.23. The molecule has 18 heavy (non-hydrogen) atoms. The van der Waals surface area contributed by atoms with Gasteiger partial charge in [-0.25, -0.2) is 4.98 Å². The average molecular weight is 262 g/mol. The van der Waals surface area contributed by atoms with Gasteiger partial charge >= 0.3 is 0 Å². The van der Waals surface area contributed by atoms with Gasteiger partial charge in [0.2, 0.25) is 5.91 Å². The number of carbonyl (C=O) groups is 1. The Balaban J connectivity index is 1.67. The summed E-state index contributed by atoms with van der Waals surface area (Å²) in [4.78, 5) is 16.3. The lowest BCUT2D eigenvalue weighted by molar-refractivity contribution is -0.120. The summed E-state index contributed by atoms with van der Waals surface area (Å²) >= 11 is 1.33. The van der Waals surface area contributed by atoms with Crippen molar-refractivity contribution >= 4 is 22.4 Å². The number of amides is 1. The lowest BCUT2D eigenvalue weighted by atomic mass is 9.95. The maximum absolute atomic E-state index is 12.1. The first-order chi connectivity index (χ1) is 8.72. The Labute approximate surface area is 109 Å². The number of nitrogens with zero attached hydrogens (tertiary/aromatic N) is 3. The van der Waals surface area contributed by atoms with E-state index >= 15 is 0 Å². The second kappa shape index (κ2) is 4.53. The first kappa shape index (κ1) is 11.4. The molecule has 2 aromatic rings. The highest BCUT2D eigenvalue weighted by atomic mass is 32.1. The molecule has 3 heterocycles. The van der Waals surface area contributed by atoms with E-state index in [9.17, 15) is 4.79 Å². The molecular weight excluding hydrogens is 248 g/mol. The van der Waals surface area contributed by atoms with Crippen LogP contribution in [0.5, 0.6) is 0 Å².